The summed E-state index contributed by atoms with van der Waals surface area (Å²) in [7, 11) is 0. The lowest BCUT2D eigenvalue weighted by Gasteiger charge is -2.32. The molecule has 2 saturated heterocycles. The van der Waals surface area contributed by atoms with Gasteiger partial charge in [-0.1, -0.05) is 11.2 Å². The van der Waals surface area contributed by atoms with Crippen molar-refractivity contribution in [2.45, 2.75) is 6.10 Å². The van der Waals surface area contributed by atoms with Crippen molar-refractivity contribution < 1.29 is 18.8 Å². The zero-order valence-corrected chi connectivity index (χ0v) is 13.8. The summed E-state index contributed by atoms with van der Waals surface area (Å²) in [6.07, 6.45) is 1.50. The minimum Gasteiger partial charge on any atom is -0.378 e. The van der Waals surface area contributed by atoms with Crippen molar-refractivity contribution in [1.29, 1.82) is 0 Å². The first-order valence-electron chi connectivity index (χ1n) is 8.42. The van der Waals surface area contributed by atoms with Crippen molar-refractivity contribution in [1.82, 2.24) is 15.0 Å². The fourth-order valence-corrected chi connectivity index (χ4v) is 3.04. The van der Waals surface area contributed by atoms with E-state index in [0.717, 1.165) is 18.8 Å². The maximum Gasteiger partial charge on any atom is 0.292 e. The molecule has 0 radical (unpaired) electrons. The molecule has 0 N–H and O–H groups in total. The number of nitrogens with zero attached hydrogens (tertiary/aromatic N) is 4. The van der Waals surface area contributed by atoms with Gasteiger partial charge in [-0.05, 0) is 12.1 Å². The number of anilines is 1. The highest BCUT2D eigenvalue weighted by molar-refractivity contribution is 5.92. The molecular formula is C17H20N4O4. The van der Waals surface area contributed by atoms with E-state index in [1.165, 1.54) is 0 Å². The van der Waals surface area contributed by atoms with E-state index < -0.39 is 0 Å². The molecule has 2 aliphatic heterocycles. The Hall–Kier alpha value is -2.45. The van der Waals surface area contributed by atoms with E-state index in [1.807, 2.05) is 18.2 Å². The van der Waals surface area contributed by atoms with Crippen molar-refractivity contribution in [3.63, 3.8) is 0 Å². The monoisotopic (exact) mass is 344 g/mol. The molecule has 2 aromatic rings. The van der Waals surface area contributed by atoms with E-state index in [1.54, 1.807) is 17.2 Å². The van der Waals surface area contributed by atoms with Gasteiger partial charge in [0, 0.05) is 31.9 Å². The van der Waals surface area contributed by atoms with Crippen LogP contribution in [0.2, 0.25) is 0 Å². The third kappa shape index (κ3) is 3.49. The number of amides is 1. The van der Waals surface area contributed by atoms with Crippen molar-refractivity contribution in [3.8, 4) is 0 Å². The van der Waals surface area contributed by atoms with Crippen LogP contribution in [0.3, 0.4) is 0 Å². The molecule has 0 aromatic carbocycles. The van der Waals surface area contributed by atoms with Crippen LogP contribution >= 0.6 is 0 Å². The van der Waals surface area contributed by atoms with Gasteiger partial charge in [0.25, 0.3) is 5.91 Å². The van der Waals surface area contributed by atoms with Crippen LogP contribution in [-0.4, -0.2) is 66.9 Å². The van der Waals surface area contributed by atoms with Gasteiger partial charge in [-0.3, -0.25) is 9.78 Å². The molecule has 1 atom stereocenters. The Kier molecular flexibility index (Phi) is 4.62. The molecule has 1 amide bonds. The molecule has 0 spiro atoms. The molecule has 4 rings (SSSR count). The number of hydrogen-bond acceptors (Lipinski definition) is 7. The van der Waals surface area contributed by atoms with Crippen LogP contribution in [0.5, 0.6) is 0 Å². The van der Waals surface area contributed by atoms with E-state index in [4.69, 9.17) is 14.0 Å². The lowest BCUT2D eigenvalue weighted by atomic mass is 10.2. The quantitative estimate of drug-likeness (QED) is 0.825. The van der Waals surface area contributed by atoms with Crippen molar-refractivity contribution in [2.75, 3.05) is 50.9 Å². The van der Waals surface area contributed by atoms with Crippen LogP contribution in [0, 0.1) is 0 Å². The smallest absolute Gasteiger partial charge is 0.292 e. The summed E-state index contributed by atoms with van der Waals surface area (Å²) in [4.78, 5) is 20.8. The maximum absolute atomic E-state index is 12.7. The predicted molar refractivity (Wildman–Crippen MR) is 88.4 cm³/mol. The van der Waals surface area contributed by atoms with Gasteiger partial charge >= 0.3 is 0 Å². The summed E-state index contributed by atoms with van der Waals surface area (Å²) in [5.41, 5.74) is 0.826. The van der Waals surface area contributed by atoms with Gasteiger partial charge in [-0.15, -0.1) is 0 Å². The Bertz CT molecular complexity index is 714. The number of carbonyl (C=O) groups is 1. The first-order chi connectivity index (χ1) is 12.3. The predicted octanol–water partition coefficient (Wildman–Crippen LogP) is 1.12. The average Bonchev–Trinajstić information content (AvgIpc) is 3.19. The van der Waals surface area contributed by atoms with Gasteiger partial charge in [0.15, 0.2) is 5.82 Å². The molecule has 4 heterocycles. The topological polar surface area (TPSA) is 80.9 Å². The fraction of sp³-hybridized carbons (Fsp3) is 0.471. The molecule has 1 unspecified atom stereocenters. The molecule has 2 aromatic heterocycles. The lowest BCUT2D eigenvalue weighted by molar-refractivity contribution is -0.0258. The normalized spacial score (nSPS) is 21.4. The van der Waals surface area contributed by atoms with Gasteiger partial charge in [-0.25, -0.2) is 0 Å². The van der Waals surface area contributed by atoms with Gasteiger partial charge < -0.3 is 23.8 Å². The largest absolute Gasteiger partial charge is 0.378 e. The first kappa shape index (κ1) is 16.0. The van der Waals surface area contributed by atoms with Gasteiger partial charge in [0.2, 0.25) is 5.76 Å². The Morgan fingerprint density at radius 3 is 2.84 bits per heavy atom. The molecule has 0 saturated carbocycles. The van der Waals surface area contributed by atoms with Crippen LogP contribution in [0.1, 0.15) is 22.4 Å². The van der Waals surface area contributed by atoms with Crippen LogP contribution in [-0.2, 0) is 9.47 Å². The number of pyridine rings is 1. The number of ether oxygens (including phenoxy) is 2. The zero-order chi connectivity index (χ0) is 17.1. The van der Waals surface area contributed by atoms with Crippen molar-refractivity contribution in [3.05, 3.63) is 41.9 Å². The summed E-state index contributed by atoms with van der Waals surface area (Å²) in [6, 6.07) is 7.39. The summed E-state index contributed by atoms with van der Waals surface area (Å²) < 4.78 is 16.4. The number of carbonyl (C=O) groups excluding carboxylic acids is 1. The summed E-state index contributed by atoms with van der Waals surface area (Å²) in [6.45, 7) is 4.26. The second kappa shape index (κ2) is 7.20. The highest BCUT2D eigenvalue weighted by Gasteiger charge is 2.29. The standard InChI is InChI=1S/C17H20N4O4/c22-17(14-11-16(19-25-14)20-5-8-23-9-6-20)21-7-10-24-15(12-21)13-3-1-2-4-18-13/h1-4,11,15H,5-10,12H2. The molecule has 2 fully saturated rings. The summed E-state index contributed by atoms with van der Waals surface area (Å²) >= 11 is 0. The van der Waals surface area contributed by atoms with Crippen molar-refractivity contribution in [2.24, 2.45) is 0 Å². The van der Waals surface area contributed by atoms with Crippen LogP contribution in [0.25, 0.3) is 0 Å². The fourth-order valence-electron chi connectivity index (χ4n) is 3.04. The second-order valence-corrected chi connectivity index (χ2v) is 6.01. The van der Waals surface area contributed by atoms with E-state index in [-0.39, 0.29) is 17.8 Å². The van der Waals surface area contributed by atoms with E-state index in [2.05, 4.69) is 15.0 Å². The highest BCUT2D eigenvalue weighted by Crippen LogP contribution is 2.23. The average molecular weight is 344 g/mol. The molecule has 8 nitrogen and oxygen atoms in total. The van der Waals surface area contributed by atoms with Gasteiger partial charge in [0.05, 0.1) is 32.1 Å². The molecule has 25 heavy (non-hydrogen) atoms. The second-order valence-electron chi connectivity index (χ2n) is 6.01. The molecule has 0 aliphatic carbocycles. The highest BCUT2D eigenvalue weighted by atomic mass is 16.5. The Morgan fingerprint density at radius 2 is 2.04 bits per heavy atom. The number of hydrogen-bond donors (Lipinski definition) is 0. The van der Waals surface area contributed by atoms with E-state index in [9.17, 15) is 4.79 Å². The molecular weight excluding hydrogens is 324 g/mol. The molecule has 2 aliphatic rings. The zero-order valence-electron chi connectivity index (χ0n) is 13.8. The Balaban J connectivity index is 1.44. The minimum absolute atomic E-state index is 0.170. The third-order valence-electron chi connectivity index (χ3n) is 4.41. The summed E-state index contributed by atoms with van der Waals surface area (Å²) in [5, 5.41) is 4.04. The third-order valence-corrected chi connectivity index (χ3v) is 4.41. The van der Waals surface area contributed by atoms with Gasteiger partial charge in [-0.2, -0.15) is 0 Å². The van der Waals surface area contributed by atoms with Gasteiger partial charge in [0.1, 0.15) is 6.10 Å². The minimum atomic E-state index is -0.222. The molecule has 8 heteroatoms. The SMILES string of the molecule is O=C(c1cc(N2CCOCC2)no1)N1CCOC(c2ccccn2)C1. The van der Waals surface area contributed by atoms with E-state index in [0.29, 0.717) is 38.7 Å². The van der Waals surface area contributed by atoms with Crippen LogP contribution < -0.4 is 4.90 Å². The summed E-state index contributed by atoms with van der Waals surface area (Å²) in [5.74, 6) is 0.764. The lowest BCUT2D eigenvalue weighted by Crippen LogP contribution is -2.42. The van der Waals surface area contributed by atoms with Crippen molar-refractivity contribution >= 4 is 11.7 Å². The number of morpholine rings is 2. The number of aromatic nitrogens is 2. The molecule has 132 valence electrons. The van der Waals surface area contributed by atoms with E-state index >= 15 is 0 Å². The first-order valence-corrected chi connectivity index (χ1v) is 8.42. The maximum atomic E-state index is 12.7. The Morgan fingerprint density at radius 1 is 1.16 bits per heavy atom. The Labute approximate surface area is 145 Å². The molecule has 0 bridgehead atoms. The van der Waals surface area contributed by atoms with Crippen LogP contribution in [0.15, 0.2) is 35.0 Å². The van der Waals surface area contributed by atoms with Crippen LogP contribution in [0.4, 0.5) is 5.82 Å². The number of rotatable bonds is 3.